The topological polar surface area (TPSA) is 35.8 Å². The highest BCUT2D eigenvalue weighted by Crippen LogP contribution is 2.07. The highest BCUT2D eigenvalue weighted by atomic mass is 14.9. The molecule has 0 saturated heterocycles. The van der Waals surface area contributed by atoms with E-state index in [9.17, 15) is 0 Å². The number of nitrogens with zero attached hydrogens (tertiary/aromatic N) is 1. The van der Waals surface area contributed by atoms with Crippen LogP contribution in [-0.4, -0.2) is 6.04 Å². The van der Waals surface area contributed by atoms with Gasteiger partial charge >= 0.3 is 0 Å². The van der Waals surface area contributed by atoms with Gasteiger partial charge in [0.1, 0.15) is 0 Å². The van der Waals surface area contributed by atoms with E-state index < -0.39 is 0 Å². The summed E-state index contributed by atoms with van der Waals surface area (Å²) < 4.78 is 0. The molecule has 0 amide bonds. The third kappa shape index (κ3) is 4.14. The quantitative estimate of drug-likeness (QED) is 0.797. The molecule has 0 saturated carbocycles. The van der Waals surface area contributed by atoms with Crippen LogP contribution in [0.4, 0.5) is 0 Å². The highest BCUT2D eigenvalue weighted by Gasteiger charge is 2.11. The van der Waals surface area contributed by atoms with Crippen LogP contribution in [0.5, 0.6) is 0 Å². The molecular formula is C13H18N2. The third-order valence-corrected chi connectivity index (χ3v) is 2.53. The zero-order valence-corrected chi connectivity index (χ0v) is 9.40. The fourth-order valence-electron chi connectivity index (χ4n) is 1.49. The van der Waals surface area contributed by atoms with Crippen molar-refractivity contribution in [1.82, 2.24) is 5.32 Å². The Morgan fingerprint density at radius 2 is 1.93 bits per heavy atom. The molecule has 15 heavy (non-hydrogen) atoms. The first-order valence-electron chi connectivity index (χ1n) is 5.38. The normalized spacial score (nSPS) is 12.4. The van der Waals surface area contributed by atoms with Gasteiger partial charge in [0.25, 0.3) is 0 Å². The summed E-state index contributed by atoms with van der Waals surface area (Å²) in [6, 6.07) is 12.8. The maximum Gasteiger partial charge on any atom is 0.0638 e. The molecule has 0 aromatic heterocycles. The molecule has 2 heteroatoms. The Balaban J connectivity index is 2.44. The molecule has 1 rings (SSSR count). The summed E-state index contributed by atoms with van der Waals surface area (Å²) in [4.78, 5) is 0. The van der Waals surface area contributed by atoms with Crippen LogP contribution in [0.25, 0.3) is 0 Å². The van der Waals surface area contributed by atoms with Crippen LogP contribution < -0.4 is 5.32 Å². The van der Waals surface area contributed by atoms with Crippen molar-refractivity contribution in [3.63, 3.8) is 0 Å². The van der Waals surface area contributed by atoms with Gasteiger partial charge in [0.15, 0.2) is 0 Å². The summed E-state index contributed by atoms with van der Waals surface area (Å²) in [6.07, 6.45) is 0.574. The molecule has 0 radical (unpaired) electrons. The molecular weight excluding hydrogens is 184 g/mol. The molecule has 1 aromatic carbocycles. The van der Waals surface area contributed by atoms with Crippen molar-refractivity contribution in [2.24, 2.45) is 5.92 Å². The first-order valence-corrected chi connectivity index (χ1v) is 5.38. The van der Waals surface area contributed by atoms with Gasteiger partial charge < -0.3 is 5.32 Å². The molecule has 0 aliphatic carbocycles. The van der Waals surface area contributed by atoms with E-state index in [1.165, 1.54) is 5.56 Å². The zero-order valence-electron chi connectivity index (χ0n) is 9.40. The molecule has 0 fully saturated rings. The maximum atomic E-state index is 8.69. The van der Waals surface area contributed by atoms with Gasteiger partial charge in [0.05, 0.1) is 12.5 Å². The lowest BCUT2D eigenvalue weighted by Gasteiger charge is -2.19. The Bertz CT molecular complexity index is 311. The van der Waals surface area contributed by atoms with E-state index in [1.807, 2.05) is 18.2 Å². The van der Waals surface area contributed by atoms with Crippen molar-refractivity contribution in [2.45, 2.75) is 32.9 Å². The molecule has 0 spiro atoms. The van der Waals surface area contributed by atoms with E-state index in [-0.39, 0.29) is 6.04 Å². The van der Waals surface area contributed by atoms with Gasteiger partial charge in [-0.15, -0.1) is 0 Å². The highest BCUT2D eigenvalue weighted by molar-refractivity contribution is 5.14. The molecule has 0 aliphatic rings. The second-order valence-corrected chi connectivity index (χ2v) is 4.08. The van der Waals surface area contributed by atoms with Crippen LogP contribution in [0.1, 0.15) is 25.8 Å². The Kier molecular flexibility index (Phi) is 4.86. The Hall–Kier alpha value is -1.33. The molecule has 0 heterocycles. The fourth-order valence-corrected chi connectivity index (χ4v) is 1.49. The van der Waals surface area contributed by atoms with Crippen LogP contribution >= 0.6 is 0 Å². The molecule has 0 unspecified atom stereocenters. The van der Waals surface area contributed by atoms with Crippen molar-refractivity contribution < 1.29 is 0 Å². The van der Waals surface area contributed by atoms with E-state index in [0.29, 0.717) is 12.3 Å². The van der Waals surface area contributed by atoms with Gasteiger partial charge in [-0.25, -0.2) is 0 Å². The summed E-state index contributed by atoms with van der Waals surface area (Å²) in [5, 5.41) is 12.1. The van der Waals surface area contributed by atoms with Crippen molar-refractivity contribution >= 4 is 0 Å². The number of nitrogens with one attached hydrogen (secondary N) is 1. The summed E-state index contributed by atoms with van der Waals surface area (Å²) in [5.41, 5.74) is 1.26. The monoisotopic (exact) mass is 202 g/mol. The summed E-state index contributed by atoms with van der Waals surface area (Å²) in [5.74, 6) is 0.494. The molecule has 1 aromatic rings. The maximum absolute atomic E-state index is 8.69. The van der Waals surface area contributed by atoms with Crippen LogP contribution in [0, 0.1) is 17.2 Å². The van der Waals surface area contributed by atoms with Crippen LogP contribution in [-0.2, 0) is 6.54 Å². The van der Waals surface area contributed by atoms with Gasteiger partial charge in [-0.1, -0.05) is 44.2 Å². The van der Waals surface area contributed by atoms with Crippen molar-refractivity contribution in [1.29, 1.82) is 5.26 Å². The van der Waals surface area contributed by atoms with E-state index in [4.69, 9.17) is 5.26 Å². The second-order valence-electron chi connectivity index (χ2n) is 4.08. The van der Waals surface area contributed by atoms with Gasteiger partial charge in [-0.2, -0.15) is 5.26 Å². The number of hydrogen-bond acceptors (Lipinski definition) is 2. The average molecular weight is 202 g/mol. The van der Waals surface area contributed by atoms with Gasteiger partial charge in [-0.3, -0.25) is 0 Å². The molecule has 0 bridgehead atoms. The lowest BCUT2D eigenvalue weighted by Crippen LogP contribution is -2.32. The largest absolute Gasteiger partial charge is 0.309 e. The Labute approximate surface area is 91.9 Å². The Morgan fingerprint density at radius 1 is 1.27 bits per heavy atom. The SMILES string of the molecule is CC(C)[C@H](CC#N)NCc1ccccc1. The van der Waals surface area contributed by atoms with Gasteiger partial charge in [-0.05, 0) is 11.5 Å². The van der Waals surface area contributed by atoms with Crippen LogP contribution in [0.3, 0.4) is 0 Å². The third-order valence-electron chi connectivity index (χ3n) is 2.53. The minimum absolute atomic E-state index is 0.287. The van der Waals surface area contributed by atoms with E-state index in [0.717, 1.165) is 6.54 Å². The molecule has 0 aliphatic heterocycles. The van der Waals surface area contributed by atoms with Crippen molar-refractivity contribution in [3.8, 4) is 6.07 Å². The predicted molar refractivity (Wildman–Crippen MR) is 62.1 cm³/mol. The van der Waals surface area contributed by atoms with Gasteiger partial charge in [0.2, 0.25) is 0 Å². The summed E-state index contributed by atoms with van der Waals surface area (Å²) in [7, 11) is 0. The molecule has 2 nitrogen and oxygen atoms in total. The standard InChI is InChI=1S/C13H18N2/c1-11(2)13(8-9-14)15-10-12-6-4-3-5-7-12/h3-7,11,13,15H,8,10H2,1-2H3/t13-/m0/s1. The fraction of sp³-hybridized carbons (Fsp3) is 0.462. The summed E-state index contributed by atoms with van der Waals surface area (Å²) >= 11 is 0. The number of nitriles is 1. The van der Waals surface area contributed by atoms with E-state index >= 15 is 0 Å². The molecule has 80 valence electrons. The first-order chi connectivity index (χ1) is 7.24. The Morgan fingerprint density at radius 3 is 2.47 bits per heavy atom. The van der Waals surface area contributed by atoms with Crippen molar-refractivity contribution in [3.05, 3.63) is 35.9 Å². The lowest BCUT2D eigenvalue weighted by atomic mass is 10.0. The molecule has 1 N–H and O–H groups in total. The van der Waals surface area contributed by atoms with Crippen molar-refractivity contribution in [2.75, 3.05) is 0 Å². The number of hydrogen-bond donors (Lipinski definition) is 1. The van der Waals surface area contributed by atoms with Gasteiger partial charge in [0, 0.05) is 12.6 Å². The second kappa shape index (κ2) is 6.21. The minimum atomic E-state index is 0.287. The van der Waals surface area contributed by atoms with Crippen LogP contribution in [0.2, 0.25) is 0 Å². The van der Waals surface area contributed by atoms with E-state index in [1.54, 1.807) is 0 Å². The minimum Gasteiger partial charge on any atom is -0.309 e. The average Bonchev–Trinajstić information content (AvgIpc) is 2.25. The smallest absolute Gasteiger partial charge is 0.0638 e. The lowest BCUT2D eigenvalue weighted by molar-refractivity contribution is 0.403. The zero-order chi connectivity index (χ0) is 11.1. The first kappa shape index (κ1) is 11.7. The summed E-state index contributed by atoms with van der Waals surface area (Å²) in [6.45, 7) is 5.12. The molecule has 1 atom stereocenters. The predicted octanol–water partition coefficient (Wildman–Crippen LogP) is 2.71. The number of benzene rings is 1. The number of rotatable bonds is 5. The van der Waals surface area contributed by atoms with Crippen LogP contribution in [0.15, 0.2) is 30.3 Å². The van der Waals surface area contributed by atoms with E-state index in [2.05, 4.69) is 37.4 Å².